The van der Waals surface area contributed by atoms with E-state index in [-0.39, 0.29) is 0 Å². The molecule has 0 radical (unpaired) electrons. The first-order valence-corrected chi connectivity index (χ1v) is 10.6. The number of rotatable bonds is 3. The van der Waals surface area contributed by atoms with Crippen molar-refractivity contribution in [1.29, 1.82) is 0 Å². The van der Waals surface area contributed by atoms with Gasteiger partial charge in [0.1, 0.15) is 5.82 Å². The summed E-state index contributed by atoms with van der Waals surface area (Å²) >= 11 is 5.46. The molecule has 0 amide bonds. The van der Waals surface area contributed by atoms with Gasteiger partial charge in [-0.1, -0.05) is 30.3 Å². The lowest BCUT2D eigenvalue weighted by atomic mass is 10.0. The first kappa shape index (κ1) is 16.7. The lowest BCUT2D eigenvalue weighted by molar-refractivity contribution is 0.779. The molecule has 0 atom stereocenters. The first-order chi connectivity index (χ1) is 12.3. The van der Waals surface area contributed by atoms with Gasteiger partial charge in [-0.3, -0.25) is 0 Å². The molecule has 4 rings (SSSR count). The van der Waals surface area contributed by atoms with Crippen LogP contribution in [0.3, 0.4) is 0 Å². The van der Waals surface area contributed by atoms with Crippen molar-refractivity contribution in [2.75, 3.05) is 18.1 Å². The summed E-state index contributed by atoms with van der Waals surface area (Å²) < 4.78 is 3.12. The predicted octanol–water partition coefficient (Wildman–Crippen LogP) is 5.77. The maximum atomic E-state index is 5.05. The highest BCUT2D eigenvalue weighted by atomic mass is 79.9. The monoisotopic (exact) mass is 413 g/mol. The van der Waals surface area contributed by atoms with Gasteiger partial charge in [0.2, 0.25) is 0 Å². The summed E-state index contributed by atoms with van der Waals surface area (Å²) in [5.41, 5.74) is 4.72. The SMILES string of the molecule is CSc1ccccc1-c1nn(-c2ccccc2Br)c2c1CCCCN2. The average Bonchev–Trinajstić information content (AvgIpc) is 2.83. The number of para-hydroxylation sites is 1. The zero-order valence-corrected chi connectivity index (χ0v) is 16.5. The van der Waals surface area contributed by atoms with E-state index in [1.54, 1.807) is 11.8 Å². The number of hydrogen-bond acceptors (Lipinski definition) is 3. The summed E-state index contributed by atoms with van der Waals surface area (Å²) in [5.74, 6) is 1.13. The molecule has 2 heterocycles. The highest BCUT2D eigenvalue weighted by molar-refractivity contribution is 9.10. The molecule has 5 heteroatoms. The van der Waals surface area contributed by atoms with Gasteiger partial charge in [-0.05, 0) is 59.6 Å². The topological polar surface area (TPSA) is 29.9 Å². The Balaban J connectivity index is 1.96. The van der Waals surface area contributed by atoms with E-state index in [0.717, 1.165) is 34.6 Å². The molecule has 1 aliphatic rings. The minimum atomic E-state index is 0.993. The van der Waals surface area contributed by atoms with Crippen LogP contribution in [-0.4, -0.2) is 22.6 Å². The summed E-state index contributed by atoms with van der Waals surface area (Å²) in [6.07, 6.45) is 5.57. The lowest BCUT2D eigenvalue weighted by Crippen LogP contribution is -2.07. The molecule has 0 spiro atoms. The Bertz CT molecular complexity index is 904. The molecule has 0 aliphatic carbocycles. The second-order valence-corrected chi connectivity index (χ2v) is 7.83. The summed E-state index contributed by atoms with van der Waals surface area (Å²) in [7, 11) is 0. The van der Waals surface area contributed by atoms with Gasteiger partial charge in [0.05, 0.1) is 11.4 Å². The molecule has 1 aliphatic heterocycles. The first-order valence-electron chi connectivity index (χ1n) is 8.53. The second-order valence-electron chi connectivity index (χ2n) is 6.12. The Morgan fingerprint density at radius 1 is 1.08 bits per heavy atom. The maximum absolute atomic E-state index is 5.05. The number of fused-ring (bicyclic) bond motifs is 1. The van der Waals surface area contributed by atoms with Crippen LogP contribution in [0.2, 0.25) is 0 Å². The van der Waals surface area contributed by atoms with Crippen LogP contribution in [0.4, 0.5) is 5.82 Å². The van der Waals surface area contributed by atoms with Crippen molar-refractivity contribution in [3.63, 3.8) is 0 Å². The molecule has 1 aromatic heterocycles. The quantitative estimate of drug-likeness (QED) is 0.552. The lowest BCUT2D eigenvalue weighted by Gasteiger charge is -2.10. The minimum Gasteiger partial charge on any atom is -0.370 e. The third-order valence-electron chi connectivity index (χ3n) is 4.57. The van der Waals surface area contributed by atoms with Crippen molar-refractivity contribution in [2.24, 2.45) is 0 Å². The average molecular weight is 414 g/mol. The Kier molecular flexibility index (Phi) is 4.86. The second kappa shape index (κ2) is 7.26. The summed E-state index contributed by atoms with van der Waals surface area (Å²) in [4.78, 5) is 1.27. The number of benzene rings is 2. The molecule has 0 saturated heterocycles. The van der Waals surface area contributed by atoms with Crippen LogP contribution in [0.15, 0.2) is 57.9 Å². The fraction of sp³-hybridized carbons (Fsp3) is 0.250. The molecule has 0 bridgehead atoms. The number of anilines is 1. The van der Waals surface area contributed by atoms with Gasteiger partial charge in [0.15, 0.2) is 0 Å². The maximum Gasteiger partial charge on any atom is 0.133 e. The zero-order valence-electron chi connectivity index (χ0n) is 14.1. The van der Waals surface area contributed by atoms with E-state index in [9.17, 15) is 0 Å². The van der Waals surface area contributed by atoms with E-state index >= 15 is 0 Å². The van der Waals surface area contributed by atoms with Gasteiger partial charge < -0.3 is 5.32 Å². The third-order valence-corrected chi connectivity index (χ3v) is 6.04. The van der Waals surface area contributed by atoms with Crippen LogP contribution < -0.4 is 5.32 Å². The zero-order chi connectivity index (χ0) is 17.2. The van der Waals surface area contributed by atoms with Crippen molar-refractivity contribution < 1.29 is 0 Å². The van der Waals surface area contributed by atoms with Gasteiger partial charge in [-0.25, -0.2) is 4.68 Å². The van der Waals surface area contributed by atoms with Crippen molar-refractivity contribution >= 4 is 33.5 Å². The summed E-state index contributed by atoms with van der Waals surface area (Å²) in [6.45, 7) is 0.993. The van der Waals surface area contributed by atoms with Crippen molar-refractivity contribution in [3.05, 3.63) is 58.6 Å². The van der Waals surface area contributed by atoms with Gasteiger partial charge in [0.25, 0.3) is 0 Å². The largest absolute Gasteiger partial charge is 0.370 e. The molecule has 0 fully saturated rings. The third kappa shape index (κ3) is 3.11. The van der Waals surface area contributed by atoms with Crippen LogP contribution in [0, 0.1) is 0 Å². The molecular formula is C20H20BrN3S. The van der Waals surface area contributed by atoms with Crippen molar-refractivity contribution in [2.45, 2.75) is 24.2 Å². The fourth-order valence-electron chi connectivity index (χ4n) is 3.36. The highest BCUT2D eigenvalue weighted by Gasteiger charge is 2.23. The Labute approximate surface area is 161 Å². The minimum absolute atomic E-state index is 0.993. The fourth-order valence-corrected chi connectivity index (χ4v) is 4.41. The predicted molar refractivity (Wildman–Crippen MR) is 110 cm³/mol. The molecular weight excluding hydrogens is 394 g/mol. The van der Waals surface area contributed by atoms with Gasteiger partial charge in [-0.2, -0.15) is 5.10 Å². The number of nitrogens with zero attached hydrogens (tertiary/aromatic N) is 2. The van der Waals surface area contributed by atoms with Crippen LogP contribution in [-0.2, 0) is 6.42 Å². The number of aromatic nitrogens is 2. The number of thioether (sulfide) groups is 1. The molecule has 3 aromatic rings. The Hall–Kier alpha value is -1.72. The standard InChI is InChI=1S/C20H20BrN3S/c1-25-18-12-5-2-8-14(18)19-15-9-6-7-13-22-20(15)24(23-19)17-11-4-3-10-16(17)21/h2-5,8,10-12,22H,6-7,9,13H2,1H3. The Morgan fingerprint density at radius 2 is 1.88 bits per heavy atom. The molecule has 3 nitrogen and oxygen atoms in total. The van der Waals surface area contributed by atoms with E-state index in [4.69, 9.17) is 5.10 Å². The van der Waals surface area contributed by atoms with E-state index in [1.165, 1.54) is 28.9 Å². The summed E-state index contributed by atoms with van der Waals surface area (Å²) in [5, 5.41) is 8.67. The normalized spacial score (nSPS) is 13.8. The van der Waals surface area contributed by atoms with Gasteiger partial charge >= 0.3 is 0 Å². The van der Waals surface area contributed by atoms with Crippen LogP contribution in [0.25, 0.3) is 16.9 Å². The van der Waals surface area contributed by atoms with Gasteiger partial charge in [0, 0.05) is 27.0 Å². The number of halogens is 1. The summed E-state index contributed by atoms with van der Waals surface area (Å²) in [6, 6.07) is 16.8. The highest BCUT2D eigenvalue weighted by Crippen LogP contribution is 2.38. The molecule has 0 unspecified atom stereocenters. The molecule has 0 saturated carbocycles. The van der Waals surface area contributed by atoms with Crippen LogP contribution in [0.5, 0.6) is 0 Å². The Morgan fingerprint density at radius 3 is 2.72 bits per heavy atom. The van der Waals surface area contributed by atoms with E-state index in [2.05, 4.69) is 74.6 Å². The number of hydrogen-bond donors (Lipinski definition) is 1. The molecule has 2 aromatic carbocycles. The van der Waals surface area contributed by atoms with Crippen LogP contribution in [0.1, 0.15) is 18.4 Å². The van der Waals surface area contributed by atoms with E-state index in [0.29, 0.717) is 0 Å². The molecule has 128 valence electrons. The van der Waals surface area contributed by atoms with E-state index < -0.39 is 0 Å². The smallest absolute Gasteiger partial charge is 0.133 e. The van der Waals surface area contributed by atoms with Crippen molar-refractivity contribution in [1.82, 2.24) is 9.78 Å². The van der Waals surface area contributed by atoms with Gasteiger partial charge in [-0.15, -0.1) is 11.8 Å². The van der Waals surface area contributed by atoms with Crippen LogP contribution >= 0.6 is 27.7 Å². The number of nitrogens with one attached hydrogen (secondary N) is 1. The van der Waals surface area contributed by atoms with E-state index in [1.807, 2.05) is 6.07 Å². The van der Waals surface area contributed by atoms with Crippen molar-refractivity contribution in [3.8, 4) is 16.9 Å². The molecule has 25 heavy (non-hydrogen) atoms. The molecule has 1 N–H and O–H groups in total.